The molecule has 0 aromatic carbocycles. The van der Waals surface area contributed by atoms with Gasteiger partial charge in [-0.3, -0.25) is 4.79 Å². The summed E-state index contributed by atoms with van der Waals surface area (Å²) in [5.74, 6) is -0.785. The van der Waals surface area contributed by atoms with Gasteiger partial charge in [0.2, 0.25) is 0 Å². The number of rotatable bonds is 3. The van der Waals surface area contributed by atoms with Crippen molar-refractivity contribution in [1.82, 2.24) is 5.32 Å². The van der Waals surface area contributed by atoms with Crippen LogP contribution >= 0.6 is 0 Å². The Kier molecular flexibility index (Phi) is 2.89. The van der Waals surface area contributed by atoms with E-state index in [9.17, 15) is 9.59 Å². The third-order valence-electron chi connectivity index (χ3n) is 1.92. The second-order valence-electron chi connectivity index (χ2n) is 2.82. The maximum Gasteiger partial charge on any atom is 0.405 e. The number of hydrogen-bond acceptors (Lipinski definition) is 3. The first kappa shape index (κ1) is 9.57. The number of hydrogen-bond donors (Lipinski definition) is 2. The summed E-state index contributed by atoms with van der Waals surface area (Å²) in [5, 5.41) is 10.7. The van der Waals surface area contributed by atoms with Crippen LogP contribution in [0.4, 0.5) is 4.79 Å². The molecule has 1 amide bonds. The minimum Gasteiger partial charge on any atom is -0.465 e. The molecule has 0 aliphatic carbocycles. The number of carbonyl (C=O) groups excluding carboxylic acids is 1. The van der Waals surface area contributed by atoms with Crippen LogP contribution in [-0.4, -0.2) is 29.8 Å². The van der Waals surface area contributed by atoms with Gasteiger partial charge >= 0.3 is 12.1 Å². The molecule has 1 fully saturated rings. The van der Waals surface area contributed by atoms with Crippen molar-refractivity contribution in [3.8, 4) is 0 Å². The molecule has 2 atom stereocenters. The Morgan fingerprint density at radius 3 is 3.08 bits per heavy atom. The second kappa shape index (κ2) is 3.93. The van der Waals surface area contributed by atoms with E-state index in [4.69, 9.17) is 9.84 Å². The average molecular weight is 185 g/mol. The van der Waals surface area contributed by atoms with E-state index in [1.165, 1.54) is 0 Å². The van der Waals surface area contributed by atoms with Crippen molar-refractivity contribution in [1.29, 1.82) is 0 Å². The normalized spacial score (nSPS) is 26.6. The molecule has 0 spiro atoms. The summed E-state index contributed by atoms with van der Waals surface area (Å²) in [5.41, 5.74) is 0. The average Bonchev–Trinajstić information content (AvgIpc) is 2.35. The second-order valence-corrected chi connectivity index (χ2v) is 2.82. The fourth-order valence-corrected chi connectivity index (χ4v) is 1.30. The summed E-state index contributed by atoms with van der Waals surface area (Å²) in [7, 11) is 0. The molecular weight excluding hydrogens is 174 g/mol. The highest BCUT2D eigenvalue weighted by Gasteiger charge is 2.36. The van der Waals surface area contributed by atoms with E-state index in [0.717, 1.165) is 0 Å². The van der Waals surface area contributed by atoms with Crippen LogP contribution in [0.1, 0.15) is 6.42 Å². The van der Waals surface area contributed by atoms with Crippen LogP contribution in [0.3, 0.4) is 0 Å². The van der Waals surface area contributed by atoms with E-state index in [1.807, 2.05) is 0 Å². The smallest absolute Gasteiger partial charge is 0.405 e. The number of esters is 1. The Balaban J connectivity index is 2.58. The fourth-order valence-electron chi connectivity index (χ4n) is 1.30. The highest BCUT2D eigenvalue weighted by Crippen LogP contribution is 2.19. The van der Waals surface area contributed by atoms with Gasteiger partial charge in [-0.25, -0.2) is 4.79 Å². The topological polar surface area (TPSA) is 75.6 Å². The zero-order chi connectivity index (χ0) is 9.84. The molecule has 1 rings (SSSR count). The predicted octanol–water partition coefficient (Wildman–Crippen LogP) is 0.372. The van der Waals surface area contributed by atoms with Gasteiger partial charge in [0, 0.05) is 0 Å². The Hall–Kier alpha value is -1.52. The summed E-state index contributed by atoms with van der Waals surface area (Å²) in [6.45, 7) is 3.60. The first-order chi connectivity index (χ1) is 6.15. The molecule has 0 aromatic rings. The summed E-state index contributed by atoms with van der Waals surface area (Å²) in [6.07, 6.45) is 0.870. The van der Waals surface area contributed by atoms with Gasteiger partial charge in [-0.15, -0.1) is 6.58 Å². The number of cyclic esters (lactones) is 1. The standard InChI is InChI=1S/C8H11NO4/c1-2-3-5-6(9-8(11)12)4-13-7(5)10/h2,5-6,9H,1,3-4H2,(H,11,12)/t5-,6+/m1/s1. The highest BCUT2D eigenvalue weighted by molar-refractivity contribution is 5.77. The molecule has 5 nitrogen and oxygen atoms in total. The Morgan fingerprint density at radius 2 is 2.54 bits per heavy atom. The van der Waals surface area contributed by atoms with Gasteiger partial charge in [0.1, 0.15) is 6.61 Å². The van der Waals surface area contributed by atoms with Gasteiger partial charge < -0.3 is 15.2 Å². The molecule has 0 radical (unpaired) electrons. The van der Waals surface area contributed by atoms with Crippen molar-refractivity contribution >= 4 is 12.1 Å². The molecule has 0 aromatic heterocycles. The Morgan fingerprint density at radius 1 is 1.85 bits per heavy atom. The quantitative estimate of drug-likeness (QED) is 0.492. The van der Waals surface area contributed by atoms with Gasteiger partial charge in [0.25, 0.3) is 0 Å². The highest BCUT2D eigenvalue weighted by atomic mass is 16.5. The van der Waals surface area contributed by atoms with Gasteiger partial charge in [0.05, 0.1) is 12.0 Å². The third kappa shape index (κ3) is 2.21. The van der Waals surface area contributed by atoms with Crippen LogP contribution in [0.25, 0.3) is 0 Å². The molecule has 0 unspecified atom stereocenters. The number of ether oxygens (including phenoxy) is 1. The third-order valence-corrected chi connectivity index (χ3v) is 1.92. The molecular formula is C8H11NO4. The van der Waals surface area contributed by atoms with Crippen molar-refractivity contribution in [2.45, 2.75) is 12.5 Å². The van der Waals surface area contributed by atoms with Crippen LogP contribution < -0.4 is 5.32 Å². The lowest BCUT2D eigenvalue weighted by Gasteiger charge is -2.12. The van der Waals surface area contributed by atoms with Crippen molar-refractivity contribution in [2.24, 2.45) is 5.92 Å². The number of carboxylic acid groups (broad SMARTS) is 1. The van der Waals surface area contributed by atoms with E-state index in [0.29, 0.717) is 6.42 Å². The first-order valence-electron chi connectivity index (χ1n) is 3.92. The zero-order valence-electron chi connectivity index (χ0n) is 7.03. The van der Waals surface area contributed by atoms with Crippen LogP contribution in [0.2, 0.25) is 0 Å². The maximum atomic E-state index is 11.1. The van der Waals surface area contributed by atoms with Crippen LogP contribution in [0, 0.1) is 5.92 Å². The van der Waals surface area contributed by atoms with Crippen LogP contribution in [0.5, 0.6) is 0 Å². The zero-order valence-corrected chi connectivity index (χ0v) is 7.03. The lowest BCUT2D eigenvalue weighted by Crippen LogP contribution is -2.39. The number of carbonyl (C=O) groups is 2. The van der Waals surface area contributed by atoms with Crippen molar-refractivity contribution in [2.75, 3.05) is 6.61 Å². The van der Waals surface area contributed by atoms with Crippen LogP contribution in [0.15, 0.2) is 12.7 Å². The molecule has 1 saturated heterocycles. The molecule has 5 heteroatoms. The van der Waals surface area contributed by atoms with Gasteiger partial charge in [-0.2, -0.15) is 0 Å². The van der Waals surface area contributed by atoms with E-state index < -0.39 is 18.1 Å². The maximum absolute atomic E-state index is 11.1. The lowest BCUT2D eigenvalue weighted by atomic mass is 9.99. The van der Waals surface area contributed by atoms with Crippen molar-refractivity contribution < 1.29 is 19.4 Å². The minimum atomic E-state index is -1.14. The molecule has 13 heavy (non-hydrogen) atoms. The Labute approximate surface area is 75.4 Å². The molecule has 1 aliphatic heterocycles. The van der Waals surface area contributed by atoms with E-state index in [2.05, 4.69) is 11.9 Å². The molecule has 0 bridgehead atoms. The van der Waals surface area contributed by atoms with Crippen molar-refractivity contribution in [3.05, 3.63) is 12.7 Å². The molecule has 72 valence electrons. The van der Waals surface area contributed by atoms with Gasteiger partial charge in [0.15, 0.2) is 0 Å². The largest absolute Gasteiger partial charge is 0.465 e. The monoisotopic (exact) mass is 185 g/mol. The van der Waals surface area contributed by atoms with Gasteiger partial charge in [-0.05, 0) is 6.42 Å². The fraction of sp³-hybridized carbons (Fsp3) is 0.500. The van der Waals surface area contributed by atoms with Gasteiger partial charge in [-0.1, -0.05) is 6.08 Å². The molecule has 1 heterocycles. The van der Waals surface area contributed by atoms with E-state index in [1.54, 1.807) is 6.08 Å². The first-order valence-corrected chi connectivity index (χ1v) is 3.92. The summed E-state index contributed by atoms with van der Waals surface area (Å²) < 4.78 is 4.72. The van der Waals surface area contributed by atoms with Crippen molar-refractivity contribution in [3.63, 3.8) is 0 Å². The number of nitrogens with one attached hydrogen (secondary N) is 1. The Bertz CT molecular complexity index is 238. The summed E-state index contributed by atoms with van der Waals surface area (Å²) in [4.78, 5) is 21.4. The SMILES string of the molecule is C=CC[C@H]1C(=O)OC[C@@H]1NC(=O)O. The molecule has 1 aliphatic rings. The van der Waals surface area contributed by atoms with E-state index in [-0.39, 0.29) is 12.6 Å². The molecule has 2 N–H and O–H groups in total. The lowest BCUT2D eigenvalue weighted by molar-refractivity contribution is -0.141. The summed E-state index contributed by atoms with van der Waals surface area (Å²) >= 11 is 0. The molecule has 0 saturated carbocycles. The van der Waals surface area contributed by atoms with E-state index >= 15 is 0 Å². The summed E-state index contributed by atoms with van der Waals surface area (Å²) in [6, 6.07) is -0.442. The predicted molar refractivity (Wildman–Crippen MR) is 44.2 cm³/mol. The number of allylic oxidation sites excluding steroid dienone is 1. The van der Waals surface area contributed by atoms with Crippen LogP contribution in [-0.2, 0) is 9.53 Å². The number of amides is 1. The minimum absolute atomic E-state index is 0.115.